The number of hydrogen-bond donors (Lipinski definition) is 1. The summed E-state index contributed by atoms with van der Waals surface area (Å²) < 4.78 is 0. The van der Waals surface area contributed by atoms with Crippen LogP contribution in [0.2, 0.25) is 5.15 Å². The van der Waals surface area contributed by atoms with Crippen molar-refractivity contribution in [3.63, 3.8) is 0 Å². The van der Waals surface area contributed by atoms with Gasteiger partial charge in [-0.25, -0.2) is 9.97 Å². The summed E-state index contributed by atoms with van der Waals surface area (Å²) in [4.78, 5) is 9.04. The van der Waals surface area contributed by atoms with Gasteiger partial charge in [0.2, 0.25) is 0 Å². The van der Waals surface area contributed by atoms with Crippen LogP contribution in [0.5, 0.6) is 0 Å². The number of anilines is 2. The maximum atomic E-state index is 6.26. The van der Waals surface area contributed by atoms with Crippen LogP contribution in [0, 0.1) is 20.8 Å². The summed E-state index contributed by atoms with van der Waals surface area (Å²) in [6.07, 6.45) is 0. The largest absolute Gasteiger partial charge is 0.340 e. The first-order valence-corrected chi connectivity index (χ1v) is 7.45. The van der Waals surface area contributed by atoms with Crippen molar-refractivity contribution in [3.05, 3.63) is 45.9 Å². The Balaban J connectivity index is 2.43. The average Bonchev–Trinajstić information content (AvgIpc) is 2.38. The Morgan fingerprint density at radius 3 is 2.24 bits per heavy atom. The molecule has 2 rings (SSSR count). The number of aromatic nitrogens is 2. The first-order valence-electron chi connectivity index (χ1n) is 7.07. The van der Waals surface area contributed by atoms with Gasteiger partial charge in [0.1, 0.15) is 16.8 Å². The van der Waals surface area contributed by atoms with Crippen LogP contribution < -0.4 is 5.32 Å². The van der Waals surface area contributed by atoms with Crippen molar-refractivity contribution in [1.29, 1.82) is 0 Å². The lowest BCUT2D eigenvalue weighted by Crippen LogP contribution is -2.17. The predicted molar refractivity (Wildman–Crippen MR) is 89.7 cm³/mol. The molecule has 0 saturated heterocycles. The number of nitrogens with zero attached hydrogens (tertiary/aromatic N) is 2. The SMILES string of the molecule is Cc1ccc(Nc2nc(C(C)(C)C)nc(Cl)c2C)cc1C. The standard InChI is InChI=1S/C17H22ClN3/c1-10-7-8-13(9-11(10)2)19-15-12(3)14(18)20-16(21-15)17(4,5)6/h7-9H,1-6H3,(H,19,20,21). The lowest BCUT2D eigenvalue weighted by atomic mass is 9.95. The lowest BCUT2D eigenvalue weighted by Gasteiger charge is -2.19. The van der Waals surface area contributed by atoms with Crippen molar-refractivity contribution in [1.82, 2.24) is 9.97 Å². The third kappa shape index (κ3) is 3.53. The molecule has 1 heterocycles. The zero-order chi connectivity index (χ0) is 15.8. The van der Waals surface area contributed by atoms with Gasteiger partial charge in [-0.1, -0.05) is 38.4 Å². The van der Waals surface area contributed by atoms with Crippen LogP contribution >= 0.6 is 11.6 Å². The average molecular weight is 304 g/mol. The maximum Gasteiger partial charge on any atom is 0.138 e. The van der Waals surface area contributed by atoms with Gasteiger partial charge in [0.15, 0.2) is 0 Å². The van der Waals surface area contributed by atoms with E-state index in [2.05, 4.69) is 68.1 Å². The van der Waals surface area contributed by atoms with E-state index in [1.54, 1.807) is 0 Å². The van der Waals surface area contributed by atoms with Crippen molar-refractivity contribution < 1.29 is 0 Å². The first kappa shape index (κ1) is 15.8. The quantitative estimate of drug-likeness (QED) is 0.785. The second kappa shape index (κ2) is 5.64. The molecule has 0 aliphatic rings. The van der Waals surface area contributed by atoms with Crippen LogP contribution in [-0.4, -0.2) is 9.97 Å². The zero-order valence-electron chi connectivity index (χ0n) is 13.5. The number of rotatable bonds is 2. The summed E-state index contributed by atoms with van der Waals surface area (Å²) in [5.41, 5.74) is 4.25. The highest BCUT2D eigenvalue weighted by molar-refractivity contribution is 6.30. The van der Waals surface area contributed by atoms with E-state index in [9.17, 15) is 0 Å². The van der Waals surface area contributed by atoms with Gasteiger partial charge in [-0.05, 0) is 44.0 Å². The highest BCUT2D eigenvalue weighted by Crippen LogP contribution is 2.28. The zero-order valence-corrected chi connectivity index (χ0v) is 14.3. The maximum absolute atomic E-state index is 6.26. The van der Waals surface area contributed by atoms with Gasteiger partial charge in [0.05, 0.1) is 0 Å². The molecular formula is C17H22ClN3. The third-order valence-corrected chi connectivity index (χ3v) is 3.89. The van der Waals surface area contributed by atoms with E-state index in [-0.39, 0.29) is 5.41 Å². The third-order valence-electron chi connectivity index (χ3n) is 3.53. The normalized spacial score (nSPS) is 11.6. The molecule has 1 aromatic carbocycles. The van der Waals surface area contributed by atoms with Gasteiger partial charge in [-0.15, -0.1) is 0 Å². The highest BCUT2D eigenvalue weighted by atomic mass is 35.5. The molecule has 0 aliphatic heterocycles. The van der Waals surface area contributed by atoms with Crippen LogP contribution in [-0.2, 0) is 5.41 Å². The molecule has 1 aromatic heterocycles. The molecule has 112 valence electrons. The molecule has 0 bridgehead atoms. The van der Waals surface area contributed by atoms with Crippen molar-refractivity contribution >= 4 is 23.1 Å². The van der Waals surface area contributed by atoms with Crippen molar-refractivity contribution in [2.45, 2.75) is 47.0 Å². The Kier molecular flexibility index (Phi) is 4.24. The fourth-order valence-electron chi connectivity index (χ4n) is 1.90. The molecule has 4 heteroatoms. The Labute approximate surface area is 131 Å². The van der Waals surface area contributed by atoms with Gasteiger partial charge >= 0.3 is 0 Å². The van der Waals surface area contributed by atoms with Crippen LogP contribution in [0.1, 0.15) is 43.3 Å². The smallest absolute Gasteiger partial charge is 0.138 e. The van der Waals surface area contributed by atoms with E-state index in [4.69, 9.17) is 11.6 Å². The Morgan fingerprint density at radius 1 is 1.00 bits per heavy atom. The van der Waals surface area contributed by atoms with Gasteiger partial charge in [0, 0.05) is 16.7 Å². The van der Waals surface area contributed by atoms with E-state index >= 15 is 0 Å². The minimum absolute atomic E-state index is 0.142. The molecule has 0 atom stereocenters. The van der Waals surface area contributed by atoms with E-state index in [0.29, 0.717) is 5.15 Å². The molecular weight excluding hydrogens is 282 g/mol. The number of hydrogen-bond acceptors (Lipinski definition) is 3. The number of benzene rings is 1. The molecule has 2 aromatic rings. The monoisotopic (exact) mass is 303 g/mol. The van der Waals surface area contributed by atoms with E-state index in [1.165, 1.54) is 11.1 Å². The summed E-state index contributed by atoms with van der Waals surface area (Å²) in [6.45, 7) is 12.4. The van der Waals surface area contributed by atoms with E-state index in [1.807, 2.05) is 6.92 Å². The van der Waals surface area contributed by atoms with E-state index in [0.717, 1.165) is 22.9 Å². The molecule has 0 spiro atoms. The molecule has 21 heavy (non-hydrogen) atoms. The second-order valence-electron chi connectivity index (χ2n) is 6.49. The van der Waals surface area contributed by atoms with Crippen molar-refractivity contribution in [3.8, 4) is 0 Å². The summed E-state index contributed by atoms with van der Waals surface area (Å²) >= 11 is 6.26. The molecule has 0 unspecified atom stereocenters. The highest BCUT2D eigenvalue weighted by Gasteiger charge is 2.20. The number of halogens is 1. The Bertz CT molecular complexity index is 672. The second-order valence-corrected chi connectivity index (χ2v) is 6.84. The molecule has 0 fully saturated rings. The summed E-state index contributed by atoms with van der Waals surface area (Å²) in [7, 11) is 0. The fourth-order valence-corrected chi connectivity index (χ4v) is 2.07. The molecule has 0 radical (unpaired) electrons. The van der Waals surface area contributed by atoms with Crippen LogP contribution in [0.4, 0.5) is 11.5 Å². The topological polar surface area (TPSA) is 37.8 Å². The summed E-state index contributed by atoms with van der Waals surface area (Å²) in [5, 5.41) is 3.86. The molecule has 0 aliphatic carbocycles. The van der Waals surface area contributed by atoms with E-state index < -0.39 is 0 Å². The van der Waals surface area contributed by atoms with Crippen LogP contribution in [0.15, 0.2) is 18.2 Å². The van der Waals surface area contributed by atoms with Gasteiger partial charge in [0.25, 0.3) is 0 Å². The Hall–Kier alpha value is -1.61. The molecule has 0 amide bonds. The number of aryl methyl sites for hydroxylation is 2. The van der Waals surface area contributed by atoms with Gasteiger partial charge < -0.3 is 5.32 Å². The van der Waals surface area contributed by atoms with Gasteiger partial charge in [-0.3, -0.25) is 0 Å². The minimum atomic E-state index is -0.142. The minimum Gasteiger partial charge on any atom is -0.340 e. The first-order chi connectivity index (χ1) is 9.68. The molecule has 0 saturated carbocycles. The lowest BCUT2D eigenvalue weighted by molar-refractivity contribution is 0.545. The van der Waals surface area contributed by atoms with Crippen LogP contribution in [0.3, 0.4) is 0 Å². The van der Waals surface area contributed by atoms with Crippen molar-refractivity contribution in [2.24, 2.45) is 0 Å². The molecule has 3 nitrogen and oxygen atoms in total. The van der Waals surface area contributed by atoms with Crippen LogP contribution in [0.25, 0.3) is 0 Å². The number of nitrogens with one attached hydrogen (secondary N) is 1. The summed E-state index contributed by atoms with van der Waals surface area (Å²) in [5.74, 6) is 1.51. The van der Waals surface area contributed by atoms with Gasteiger partial charge in [-0.2, -0.15) is 0 Å². The molecule has 1 N–H and O–H groups in total. The summed E-state index contributed by atoms with van der Waals surface area (Å²) in [6, 6.07) is 6.26. The Morgan fingerprint density at radius 2 is 1.67 bits per heavy atom. The predicted octanol–water partition coefficient (Wildman–Crippen LogP) is 5.10. The fraction of sp³-hybridized carbons (Fsp3) is 0.412. The van der Waals surface area contributed by atoms with Crippen molar-refractivity contribution in [2.75, 3.05) is 5.32 Å².